The summed E-state index contributed by atoms with van der Waals surface area (Å²) in [5, 5.41) is 11.7. The molecule has 2 rings (SSSR count). The van der Waals surface area contributed by atoms with Crippen LogP contribution < -0.4 is 5.32 Å². The lowest BCUT2D eigenvalue weighted by Gasteiger charge is -2.31. The maximum Gasteiger partial charge on any atom is 0.329 e. The summed E-state index contributed by atoms with van der Waals surface area (Å²) in [5.74, 6) is -0.345. The van der Waals surface area contributed by atoms with E-state index in [0.29, 0.717) is 36.9 Å². The van der Waals surface area contributed by atoms with Gasteiger partial charge in [0.25, 0.3) is 0 Å². The number of hydrogen-bond acceptors (Lipinski definition) is 6. The highest BCUT2D eigenvalue weighted by molar-refractivity contribution is 7.09. The molecule has 0 saturated carbocycles. The molecule has 1 aromatic rings. The SMILES string of the molecule is Cc1nsc(NC(=O)N2CCC(OCC(=O)O)CC2)n1. The summed E-state index contributed by atoms with van der Waals surface area (Å²) in [5.41, 5.74) is 0. The van der Waals surface area contributed by atoms with Gasteiger partial charge in [-0.1, -0.05) is 0 Å². The van der Waals surface area contributed by atoms with Crippen molar-refractivity contribution in [2.45, 2.75) is 25.9 Å². The molecule has 0 unspecified atom stereocenters. The molecule has 9 heteroatoms. The monoisotopic (exact) mass is 300 g/mol. The number of aliphatic carboxylic acids is 1. The maximum atomic E-state index is 12.0. The molecule has 0 bridgehead atoms. The number of piperidine rings is 1. The molecule has 0 spiro atoms. The molecule has 2 heterocycles. The minimum Gasteiger partial charge on any atom is -0.480 e. The molecule has 8 nitrogen and oxygen atoms in total. The molecule has 0 atom stereocenters. The molecular formula is C11H16N4O4S. The van der Waals surface area contributed by atoms with E-state index in [1.807, 2.05) is 0 Å². The van der Waals surface area contributed by atoms with E-state index in [9.17, 15) is 9.59 Å². The van der Waals surface area contributed by atoms with Gasteiger partial charge in [0.05, 0.1) is 6.10 Å². The number of nitrogens with zero attached hydrogens (tertiary/aromatic N) is 3. The van der Waals surface area contributed by atoms with Gasteiger partial charge in [-0.15, -0.1) is 0 Å². The van der Waals surface area contributed by atoms with Gasteiger partial charge in [-0.3, -0.25) is 5.32 Å². The van der Waals surface area contributed by atoms with Crippen LogP contribution in [0.5, 0.6) is 0 Å². The van der Waals surface area contributed by atoms with Crippen LogP contribution in [0.3, 0.4) is 0 Å². The van der Waals surface area contributed by atoms with Crippen molar-refractivity contribution in [2.24, 2.45) is 0 Å². The van der Waals surface area contributed by atoms with E-state index in [4.69, 9.17) is 9.84 Å². The van der Waals surface area contributed by atoms with Crippen LogP contribution in [0.15, 0.2) is 0 Å². The normalized spacial score (nSPS) is 16.1. The number of carboxylic acids is 1. The van der Waals surface area contributed by atoms with E-state index in [2.05, 4.69) is 14.7 Å². The first-order valence-corrected chi connectivity index (χ1v) is 7.01. The zero-order valence-electron chi connectivity index (χ0n) is 11.0. The first kappa shape index (κ1) is 14.7. The smallest absolute Gasteiger partial charge is 0.329 e. The number of carbonyl (C=O) groups excluding carboxylic acids is 1. The van der Waals surface area contributed by atoms with Crippen LogP contribution >= 0.6 is 11.5 Å². The number of aryl methyl sites for hydroxylation is 1. The Hall–Kier alpha value is -1.74. The van der Waals surface area contributed by atoms with Gasteiger partial charge in [-0.25, -0.2) is 14.6 Å². The average Bonchev–Trinajstić information content (AvgIpc) is 2.82. The molecule has 110 valence electrons. The number of likely N-dealkylation sites (tertiary alicyclic amines) is 1. The van der Waals surface area contributed by atoms with Gasteiger partial charge in [0, 0.05) is 24.6 Å². The molecule has 0 radical (unpaired) electrons. The molecule has 0 aliphatic carbocycles. The Balaban J connectivity index is 1.75. The van der Waals surface area contributed by atoms with E-state index >= 15 is 0 Å². The highest BCUT2D eigenvalue weighted by atomic mass is 32.1. The van der Waals surface area contributed by atoms with Crippen molar-refractivity contribution < 1.29 is 19.4 Å². The topological polar surface area (TPSA) is 105 Å². The third kappa shape index (κ3) is 4.14. The number of aromatic nitrogens is 2. The van der Waals surface area contributed by atoms with Crippen molar-refractivity contribution in [3.05, 3.63) is 5.82 Å². The first-order valence-electron chi connectivity index (χ1n) is 6.24. The van der Waals surface area contributed by atoms with Gasteiger partial charge in [0.2, 0.25) is 5.13 Å². The van der Waals surface area contributed by atoms with Crippen LogP contribution in [-0.4, -0.2) is 57.2 Å². The van der Waals surface area contributed by atoms with Crippen molar-refractivity contribution in [1.29, 1.82) is 0 Å². The van der Waals surface area contributed by atoms with Gasteiger partial charge in [-0.2, -0.15) is 4.37 Å². The fourth-order valence-corrected chi connectivity index (χ4v) is 2.50. The van der Waals surface area contributed by atoms with Crippen molar-refractivity contribution in [1.82, 2.24) is 14.3 Å². The lowest BCUT2D eigenvalue weighted by atomic mass is 10.1. The number of rotatable bonds is 4. The van der Waals surface area contributed by atoms with Crippen molar-refractivity contribution >= 4 is 28.7 Å². The maximum absolute atomic E-state index is 12.0. The van der Waals surface area contributed by atoms with Gasteiger partial charge < -0.3 is 14.7 Å². The fourth-order valence-electron chi connectivity index (χ4n) is 1.93. The molecule has 1 aliphatic rings. The highest BCUT2D eigenvalue weighted by Gasteiger charge is 2.24. The van der Waals surface area contributed by atoms with Crippen LogP contribution in [0.2, 0.25) is 0 Å². The summed E-state index contributed by atoms with van der Waals surface area (Å²) in [4.78, 5) is 28.1. The van der Waals surface area contributed by atoms with Crippen LogP contribution in [0.4, 0.5) is 9.93 Å². The third-order valence-electron chi connectivity index (χ3n) is 2.91. The molecule has 2 amide bonds. The summed E-state index contributed by atoms with van der Waals surface area (Å²) in [6, 6.07) is -0.210. The second-order valence-electron chi connectivity index (χ2n) is 4.47. The van der Waals surface area contributed by atoms with E-state index < -0.39 is 5.97 Å². The molecular weight excluding hydrogens is 284 g/mol. The highest BCUT2D eigenvalue weighted by Crippen LogP contribution is 2.16. The average molecular weight is 300 g/mol. The van der Waals surface area contributed by atoms with Crippen LogP contribution in [0.25, 0.3) is 0 Å². The fraction of sp³-hybridized carbons (Fsp3) is 0.636. The van der Waals surface area contributed by atoms with Gasteiger partial charge >= 0.3 is 12.0 Å². The molecule has 20 heavy (non-hydrogen) atoms. The second kappa shape index (κ2) is 6.62. The third-order valence-corrected chi connectivity index (χ3v) is 3.63. The Labute approximate surface area is 119 Å². The van der Waals surface area contributed by atoms with E-state index in [1.165, 1.54) is 0 Å². The molecule has 2 N–H and O–H groups in total. The summed E-state index contributed by atoms with van der Waals surface area (Å²) >= 11 is 1.14. The van der Waals surface area contributed by atoms with E-state index in [1.54, 1.807) is 11.8 Å². The zero-order valence-corrected chi connectivity index (χ0v) is 11.9. The summed E-state index contributed by atoms with van der Waals surface area (Å²) < 4.78 is 9.21. The summed E-state index contributed by atoms with van der Waals surface area (Å²) in [6.07, 6.45) is 1.17. The standard InChI is InChI=1S/C11H16N4O4S/c1-7-12-10(20-14-7)13-11(18)15-4-2-8(3-5-15)19-6-9(16)17/h8H,2-6H2,1H3,(H,16,17)(H,12,13,14,18). The number of ether oxygens (including phenoxy) is 1. The van der Waals surface area contributed by atoms with E-state index in [0.717, 1.165) is 11.5 Å². The number of anilines is 1. The largest absolute Gasteiger partial charge is 0.480 e. The Kier molecular flexibility index (Phi) is 4.85. The number of amides is 2. The number of nitrogens with one attached hydrogen (secondary N) is 1. The molecule has 1 aliphatic heterocycles. The zero-order chi connectivity index (χ0) is 14.5. The number of carbonyl (C=O) groups is 2. The van der Waals surface area contributed by atoms with Gasteiger partial charge in [-0.05, 0) is 19.8 Å². The quantitative estimate of drug-likeness (QED) is 0.857. The minimum absolute atomic E-state index is 0.0982. The molecule has 1 fully saturated rings. The minimum atomic E-state index is -0.975. The predicted molar refractivity (Wildman–Crippen MR) is 71.8 cm³/mol. The van der Waals surface area contributed by atoms with E-state index in [-0.39, 0.29) is 18.7 Å². The van der Waals surface area contributed by atoms with Crippen LogP contribution in [0, 0.1) is 6.92 Å². The van der Waals surface area contributed by atoms with Crippen molar-refractivity contribution in [3.8, 4) is 0 Å². The van der Waals surface area contributed by atoms with Crippen molar-refractivity contribution in [3.63, 3.8) is 0 Å². The Morgan fingerprint density at radius 1 is 1.50 bits per heavy atom. The lowest BCUT2D eigenvalue weighted by molar-refractivity contribution is -0.145. The summed E-state index contributed by atoms with van der Waals surface area (Å²) in [6.45, 7) is 2.54. The lowest BCUT2D eigenvalue weighted by Crippen LogP contribution is -2.43. The van der Waals surface area contributed by atoms with Crippen LogP contribution in [0.1, 0.15) is 18.7 Å². The Morgan fingerprint density at radius 3 is 2.75 bits per heavy atom. The van der Waals surface area contributed by atoms with Crippen molar-refractivity contribution in [2.75, 3.05) is 25.0 Å². The number of hydrogen-bond donors (Lipinski definition) is 2. The Bertz CT molecular complexity index is 485. The number of urea groups is 1. The van der Waals surface area contributed by atoms with Gasteiger partial charge in [0.15, 0.2) is 0 Å². The van der Waals surface area contributed by atoms with Crippen LogP contribution in [-0.2, 0) is 9.53 Å². The molecule has 1 aromatic heterocycles. The molecule has 0 aromatic carbocycles. The van der Waals surface area contributed by atoms with Gasteiger partial charge in [0.1, 0.15) is 12.4 Å². The predicted octanol–water partition coefficient (Wildman–Crippen LogP) is 0.944. The molecule has 1 saturated heterocycles. The first-order chi connectivity index (χ1) is 9.54. The summed E-state index contributed by atoms with van der Waals surface area (Å²) in [7, 11) is 0. The second-order valence-corrected chi connectivity index (χ2v) is 5.22. The Morgan fingerprint density at radius 2 is 2.20 bits per heavy atom. The number of carboxylic acid groups (broad SMARTS) is 1.